The molecule has 0 aromatic heterocycles. The molecule has 146 valence electrons. The topological polar surface area (TPSA) is 0 Å². The Morgan fingerprint density at radius 2 is 1.61 bits per heavy atom. The molecule has 0 saturated heterocycles. The van der Waals surface area contributed by atoms with E-state index in [2.05, 4.69) is 43.0 Å². The number of rotatable bonds is 5. The lowest BCUT2D eigenvalue weighted by Crippen LogP contribution is -2.13. The zero-order chi connectivity index (χ0) is 19.8. The second-order valence-electron chi connectivity index (χ2n) is 7.93. The van der Waals surface area contributed by atoms with Crippen molar-refractivity contribution in [1.82, 2.24) is 0 Å². The molecule has 1 aliphatic carbocycles. The summed E-state index contributed by atoms with van der Waals surface area (Å²) in [5.41, 5.74) is 3.76. The first-order chi connectivity index (χ1) is 13.7. The van der Waals surface area contributed by atoms with E-state index in [1.54, 1.807) is 6.07 Å². The minimum atomic E-state index is -0.217. The van der Waals surface area contributed by atoms with Gasteiger partial charge in [0.25, 0.3) is 0 Å². The highest BCUT2D eigenvalue weighted by molar-refractivity contribution is 5.53. The first-order valence-electron chi connectivity index (χ1n) is 10.8. The van der Waals surface area contributed by atoms with E-state index in [4.69, 9.17) is 0 Å². The second kappa shape index (κ2) is 10.3. The van der Waals surface area contributed by atoms with Crippen molar-refractivity contribution in [3.05, 3.63) is 76.6 Å². The van der Waals surface area contributed by atoms with Gasteiger partial charge in [-0.1, -0.05) is 68.9 Å². The van der Waals surface area contributed by atoms with E-state index in [9.17, 15) is 4.39 Å². The fraction of sp³-hybridized carbons (Fsp3) is 0.407. The molecule has 1 fully saturated rings. The van der Waals surface area contributed by atoms with Crippen LogP contribution < -0.4 is 0 Å². The standard InChI is InChI=1S/C27H31F/c1-3-5-7-26-19-14-23(20-27(26)28)9-8-22-12-17-25(18-13-22)24-15-10-21(6-4-2)11-16-24/h5,7,12-14,17-21,24H,3-4,6,10-11,15-16H2,1-2H3/b7-5+. The normalized spacial score (nSPS) is 19.4. The average molecular weight is 375 g/mol. The van der Waals surface area contributed by atoms with Crippen molar-refractivity contribution >= 4 is 6.08 Å². The van der Waals surface area contributed by atoms with Crippen molar-refractivity contribution in [1.29, 1.82) is 0 Å². The van der Waals surface area contributed by atoms with Gasteiger partial charge < -0.3 is 0 Å². The Balaban J connectivity index is 1.62. The maximum Gasteiger partial charge on any atom is 0.131 e. The Labute approximate surface area is 169 Å². The summed E-state index contributed by atoms with van der Waals surface area (Å²) in [5, 5.41) is 0. The zero-order valence-corrected chi connectivity index (χ0v) is 17.2. The first kappa shape index (κ1) is 20.4. The van der Waals surface area contributed by atoms with Crippen molar-refractivity contribution < 1.29 is 4.39 Å². The Bertz CT molecular complexity index is 840. The Morgan fingerprint density at radius 3 is 2.25 bits per heavy atom. The SMILES string of the molecule is CC/C=C/c1ccc(C#Cc2ccc(C3CCC(CCC)CC3)cc2)cc1F. The van der Waals surface area contributed by atoms with Crippen LogP contribution in [-0.4, -0.2) is 0 Å². The molecule has 0 spiro atoms. The molecule has 0 N–H and O–H groups in total. The van der Waals surface area contributed by atoms with Gasteiger partial charge in [0.1, 0.15) is 5.82 Å². The summed E-state index contributed by atoms with van der Waals surface area (Å²) in [6, 6.07) is 13.9. The summed E-state index contributed by atoms with van der Waals surface area (Å²) >= 11 is 0. The summed E-state index contributed by atoms with van der Waals surface area (Å²) < 4.78 is 14.1. The van der Waals surface area contributed by atoms with Gasteiger partial charge >= 0.3 is 0 Å². The molecule has 0 bridgehead atoms. The number of allylic oxidation sites excluding steroid dienone is 1. The fourth-order valence-corrected chi connectivity index (χ4v) is 4.16. The van der Waals surface area contributed by atoms with Crippen LogP contribution in [0.2, 0.25) is 0 Å². The summed E-state index contributed by atoms with van der Waals surface area (Å²) in [6.45, 7) is 4.33. The number of hydrogen-bond donors (Lipinski definition) is 0. The van der Waals surface area contributed by atoms with Crippen LogP contribution in [0.5, 0.6) is 0 Å². The third kappa shape index (κ3) is 5.59. The van der Waals surface area contributed by atoms with E-state index in [-0.39, 0.29) is 5.82 Å². The molecule has 0 atom stereocenters. The molecule has 2 aromatic carbocycles. The minimum Gasteiger partial charge on any atom is -0.206 e. The summed E-state index contributed by atoms with van der Waals surface area (Å²) in [7, 11) is 0. The maximum atomic E-state index is 14.1. The van der Waals surface area contributed by atoms with Gasteiger partial charge in [-0.3, -0.25) is 0 Å². The molecular weight excluding hydrogens is 343 g/mol. The first-order valence-corrected chi connectivity index (χ1v) is 10.8. The van der Waals surface area contributed by atoms with Crippen molar-refractivity contribution in [2.75, 3.05) is 0 Å². The lowest BCUT2D eigenvalue weighted by molar-refractivity contribution is 0.308. The summed E-state index contributed by atoms with van der Waals surface area (Å²) in [4.78, 5) is 0. The maximum absolute atomic E-state index is 14.1. The lowest BCUT2D eigenvalue weighted by Gasteiger charge is -2.28. The molecule has 28 heavy (non-hydrogen) atoms. The molecule has 1 saturated carbocycles. The van der Waals surface area contributed by atoms with E-state index >= 15 is 0 Å². The molecule has 0 unspecified atom stereocenters. The Morgan fingerprint density at radius 1 is 0.929 bits per heavy atom. The third-order valence-corrected chi connectivity index (χ3v) is 5.81. The lowest BCUT2D eigenvalue weighted by atomic mass is 9.77. The monoisotopic (exact) mass is 374 g/mol. The third-order valence-electron chi connectivity index (χ3n) is 5.81. The van der Waals surface area contributed by atoms with Crippen LogP contribution >= 0.6 is 0 Å². The number of hydrogen-bond acceptors (Lipinski definition) is 0. The van der Waals surface area contributed by atoms with Crippen LogP contribution in [0.15, 0.2) is 48.5 Å². The van der Waals surface area contributed by atoms with E-state index in [1.807, 2.05) is 25.1 Å². The molecule has 0 aliphatic heterocycles. The van der Waals surface area contributed by atoms with Crippen molar-refractivity contribution in [3.63, 3.8) is 0 Å². The highest BCUT2D eigenvalue weighted by Gasteiger charge is 2.21. The molecule has 0 heterocycles. The predicted molar refractivity (Wildman–Crippen MR) is 118 cm³/mol. The van der Waals surface area contributed by atoms with Crippen LogP contribution in [0.25, 0.3) is 6.08 Å². The van der Waals surface area contributed by atoms with Gasteiger partial charge in [0.05, 0.1) is 0 Å². The molecular formula is C27H31F. The van der Waals surface area contributed by atoms with Gasteiger partial charge in [0.2, 0.25) is 0 Å². The fourth-order valence-electron chi connectivity index (χ4n) is 4.16. The molecule has 1 heteroatoms. The van der Waals surface area contributed by atoms with Crippen molar-refractivity contribution in [2.24, 2.45) is 5.92 Å². The minimum absolute atomic E-state index is 0.217. The van der Waals surface area contributed by atoms with Crippen LogP contribution in [0.1, 0.15) is 87.0 Å². The van der Waals surface area contributed by atoms with Crippen LogP contribution in [0.3, 0.4) is 0 Å². The van der Waals surface area contributed by atoms with Gasteiger partial charge in [-0.15, -0.1) is 0 Å². The molecule has 1 aliphatic rings. The second-order valence-corrected chi connectivity index (χ2v) is 7.93. The van der Waals surface area contributed by atoms with Gasteiger partial charge in [-0.2, -0.15) is 0 Å². The molecule has 0 radical (unpaired) electrons. The van der Waals surface area contributed by atoms with Crippen molar-refractivity contribution in [2.45, 2.75) is 64.7 Å². The van der Waals surface area contributed by atoms with E-state index < -0.39 is 0 Å². The van der Waals surface area contributed by atoms with E-state index in [1.165, 1.54) is 50.2 Å². The smallest absolute Gasteiger partial charge is 0.131 e. The highest BCUT2D eigenvalue weighted by atomic mass is 19.1. The largest absolute Gasteiger partial charge is 0.206 e. The zero-order valence-electron chi connectivity index (χ0n) is 17.2. The number of benzene rings is 2. The molecule has 3 rings (SSSR count). The molecule has 0 amide bonds. The average Bonchev–Trinajstić information content (AvgIpc) is 2.73. The van der Waals surface area contributed by atoms with Gasteiger partial charge in [-0.25, -0.2) is 4.39 Å². The Kier molecular flexibility index (Phi) is 7.49. The van der Waals surface area contributed by atoms with Crippen molar-refractivity contribution in [3.8, 4) is 11.8 Å². The number of halogens is 1. The van der Waals surface area contributed by atoms with Crippen LogP contribution in [-0.2, 0) is 0 Å². The quantitative estimate of drug-likeness (QED) is 0.470. The van der Waals surface area contributed by atoms with Gasteiger partial charge in [0, 0.05) is 16.7 Å². The van der Waals surface area contributed by atoms with Crippen LogP contribution in [0, 0.1) is 23.6 Å². The summed E-state index contributed by atoms with van der Waals surface area (Å²) in [5.74, 6) is 7.68. The Hall–Kier alpha value is -2.33. The van der Waals surface area contributed by atoms with Gasteiger partial charge in [-0.05, 0) is 73.8 Å². The summed E-state index contributed by atoms with van der Waals surface area (Å²) in [6.07, 6.45) is 12.7. The molecule has 2 aromatic rings. The highest BCUT2D eigenvalue weighted by Crippen LogP contribution is 2.37. The molecule has 0 nitrogen and oxygen atoms in total. The van der Waals surface area contributed by atoms with Crippen LogP contribution in [0.4, 0.5) is 4.39 Å². The predicted octanol–water partition coefficient (Wildman–Crippen LogP) is 7.72. The van der Waals surface area contributed by atoms with Gasteiger partial charge in [0.15, 0.2) is 0 Å². The van der Waals surface area contributed by atoms with E-state index in [0.717, 1.165) is 17.9 Å². The van der Waals surface area contributed by atoms with E-state index in [0.29, 0.717) is 17.0 Å².